The van der Waals surface area contributed by atoms with Crippen molar-refractivity contribution < 1.29 is 61.3 Å². The van der Waals surface area contributed by atoms with E-state index in [2.05, 4.69) is 328 Å². The summed E-state index contributed by atoms with van der Waals surface area (Å²) in [7, 11) is 0. The zero-order valence-corrected chi connectivity index (χ0v) is 68.7. The Labute approximate surface area is 735 Å². The Hall–Kier alpha value is -14.3. The molecule has 0 N–H and O–H groups in total. The van der Waals surface area contributed by atoms with Gasteiger partial charge in [0, 0.05) is 96.3 Å². The SMILES string of the molecule is [Pd+2].[Pd+2].[Pd].[c-]1c(-n2cc(-c3ccccc3)cn2)ccc2c3ccccc3n(-c3[c-]c4c(cc3)c3ccccc3n4-c3ccccn3)c12.[c-]1c(-n2cccn2)ccc2c3ccccc3n(-c3[c-]c4c(cc3)c3ccccc3n4-c3ccccn3)c12.[c-]1ccccc1-c1[c-]c2c(cc1)c1ccccc1n2-c1[c-]c2c(cc1)c1ccccc1n2-c1ccccn1. The third kappa shape index (κ3) is 12.8. The summed E-state index contributed by atoms with van der Waals surface area (Å²) in [6, 6.07) is 141. The van der Waals surface area contributed by atoms with Crippen LogP contribution < -0.4 is 0 Å². The monoisotopic (exact) mass is 1820 g/mol. The molecule has 11 heterocycles. The molecule has 0 spiro atoms. The van der Waals surface area contributed by atoms with Gasteiger partial charge in [0.2, 0.25) is 0 Å². The summed E-state index contributed by atoms with van der Waals surface area (Å²) in [6.45, 7) is 0. The average molecular weight is 1830 g/mol. The molecule has 25 rings (SSSR count). The molecule has 0 aliphatic rings. The van der Waals surface area contributed by atoms with Crippen LogP contribution in [0.5, 0.6) is 0 Å². The van der Waals surface area contributed by atoms with Gasteiger partial charge in [-0.05, 0) is 134 Å². The van der Waals surface area contributed by atoms with Crippen molar-refractivity contribution in [3.63, 3.8) is 0 Å². The molecule has 11 aromatic heterocycles. The Bertz CT molecular complexity index is 8190. The molecule has 580 valence electrons. The molecule has 0 fully saturated rings. The van der Waals surface area contributed by atoms with Crippen molar-refractivity contribution >= 4 is 131 Å². The molecule has 25 aromatic rings. The molecule has 0 saturated carbocycles. The van der Waals surface area contributed by atoms with Gasteiger partial charge in [0.25, 0.3) is 0 Å². The van der Waals surface area contributed by atoms with E-state index in [1.165, 1.54) is 37.7 Å². The van der Waals surface area contributed by atoms with Crippen molar-refractivity contribution in [2.45, 2.75) is 0 Å². The number of nitrogens with zero attached hydrogens (tertiary/aromatic N) is 13. The van der Waals surface area contributed by atoms with Crippen LogP contribution in [0.2, 0.25) is 0 Å². The minimum absolute atomic E-state index is 0. The summed E-state index contributed by atoms with van der Waals surface area (Å²) in [6.07, 6.45) is 13.2. The normalized spacial score (nSPS) is 11.4. The number of benzene rings is 14. The molecule has 0 amide bonds. The maximum atomic E-state index is 4.70. The number of para-hydroxylation sites is 6. The van der Waals surface area contributed by atoms with Crippen molar-refractivity contribution in [2.24, 2.45) is 0 Å². The van der Waals surface area contributed by atoms with E-state index in [0.29, 0.717) is 0 Å². The van der Waals surface area contributed by atoms with Gasteiger partial charge in [-0.2, -0.15) is 76.9 Å². The van der Waals surface area contributed by atoms with Gasteiger partial charge in [0.15, 0.2) is 0 Å². The van der Waals surface area contributed by atoms with Crippen LogP contribution in [-0.2, 0) is 61.3 Å². The number of hydrogen-bond donors (Lipinski definition) is 0. The average Bonchev–Trinajstić information content (AvgIpc) is 1.57. The van der Waals surface area contributed by atoms with E-state index < -0.39 is 0 Å². The fraction of sp³-hybridized carbons (Fsp3) is 0. The Morgan fingerprint density at radius 3 is 0.926 bits per heavy atom. The molecule has 0 aliphatic heterocycles. The van der Waals surface area contributed by atoms with Crippen LogP contribution >= 0.6 is 0 Å². The smallest absolute Gasteiger partial charge is 0.358 e. The predicted octanol–water partition coefficient (Wildman–Crippen LogP) is 24.1. The van der Waals surface area contributed by atoms with Gasteiger partial charge >= 0.3 is 40.8 Å². The van der Waals surface area contributed by atoms with Crippen molar-refractivity contribution in [1.82, 2.24) is 61.9 Å². The van der Waals surface area contributed by atoms with Gasteiger partial charge in [0.1, 0.15) is 17.5 Å². The second-order valence-corrected chi connectivity index (χ2v) is 29.1. The number of aromatic nitrogens is 13. The summed E-state index contributed by atoms with van der Waals surface area (Å²) in [5.74, 6) is 2.62. The first-order valence-corrected chi connectivity index (χ1v) is 39.1. The molecule has 0 unspecified atom stereocenters. The van der Waals surface area contributed by atoms with Crippen molar-refractivity contribution in [3.8, 4) is 68.1 Å². The van der Waals surface area contributed by atoms with Crippen molar-refractivity contribution in [3.05, 3.63) is 419 Å². The number of pyridine rings is 3. The molecule has 0 radical (unpaired) electrons. The number of hydrogen-bond acceptors (Lipinski definition) is 5. The zero-order chi connectivity index (χ0) is 77.7. The number of fused-ring (bicyclic) bond motifs is 18. The van der Waals surface area contributed by atoms with Crippen LogP contribution in [0.15, 0.2) is 377 Å². The Morgan fingerprint density at radius 1 is 0.223 bits per heavy atom. The molecular weight excluding hydrogens is 1760 g/mol. The number of rotatable bonds is 10. The van der Waals surface area contributed by atoms with Gasteiger partial charge in [-0.1, -0.05) is 208 Å². The van der Waals surface area contributed by atoms with Gasteiger partial charge in [0.05, 0.1) is 6.20 Å². The molecule has 13 nitrogen and oxygen atoms in total. The quantitative estimate of drug-likeness (QED) is 0.100. The molecule has 0 atom stereocenters. The summed E-state index contributed by atoms with van der Waals surface area (Å²) in [4.78, 5) is 14.1. The van der Waals surface area contributed by atoms with Crippen LogP contribution in [0.1, 0.15) is 0 Å². The zero-order valence-electron chi connectivity index (χ0n) is 64.1. The maximum absolute atomic E-state index is 4.70. The molecular formula is C105H62N13Pd3-3. The summed E-state index contributed by atoms with van der Waals surface area (Å²) >= 11 is 0. The van der Waals surface area contributed by atoms with Crippen molar-refractivity contribution in [1.29, 1.82) is 0 Å². The van der Waals surface area contributed by atoms with Crippen LogP contribution in [0, 0.1) is 42.5 Å². The summed E-state index contributed by atoms with van der Waals surface area (Å²) in [5, 5.41) is 23.1. The first-order chi connectivity index (χ1) is 58.6. The fourth-order valence-corrected chi connectivity index (χ4v) is 17.2. The fourth-order valence-electron chi connectivity index (χ4n) is 17.2. The topological polar surface area (TPSA) is 104 Å². The second-order valence-electron chi connectivity index (χ2n) is 29.1. The third-order valence-electron chi connectivity index (χ3n) is 22.5. The Kier molecular flexibility index (Phi) is 19.7. The van der Waals surface area contributed by atoms with E-state index in [4.69, 9.17) is 10.1 Å². The minimum Gasteiger partial charge on any atom is -0.358 e. The second kappa shape index (κ2) is 31.6. The molecule has 16 heteroatoms. The van der Waals surface area contributed by atoms with Crippen LogP contribution in [0.25, 0.3) is 199 Å². The van der Waals surface area contributed by atoms with Crippen molar-refractivity contribution in [2.75, 3.05) is 0 Å². The molecule has 14 aromatic carbocycles. The minimum atomic E-state index is 0. The molecule has 0 aliphatic carbocycles. The molecule has 0 bridgehead atoms. The predicted molar refractivity (Wildman–Crippen MR) is 476 cm³/mol. The maximum Gasteiger partial charge on any atom is 2.00 e. The molecule has 0 saturated heterocycles. The van der Waals surface area contributed by atoms with Gasteiger partial charge in [-0.15, -0.1) is 99.7 Å². The van der Waals surface area contributed by atoms with E-state index in [1.54, 1.807) is 6.20 Å². The Balaban J connectivity index is 0.000000115. The first kappa shape index (κ1) is 75.5. The summed E-state index contributed by atoms with van der Waals surface area (Å²) in [5.41, 5.74) is 21.5. The summed E-state index contributed by atoms with van der Waals surface area (Å²) < 4.78 is 17.1. The van der Waals surface area contributed by atoms with E-state index >= 15 is 0 Å². The van der Waals surface area contributed by atoms with Gasteiger partial charge in [-0.3, -0.25) is 9.36 Å². The van der Waals surface area contributed by atoms with E-state index in [0.717, 1.165) is 161 Å². The van der Waals surface area contributed by atoms with Gasteiger partial charge < -0.3 is 27.4 Å². The Morgan fingerprint density at radius 2 is 0.554 bits per heavy atom. The first-order valence-electron chi connectivity index (χ1n) is 39.1. The van der Waals surface area contributed by atoms with Gasteiger partial charge in [-0.25, -0.2) is 26.1 Å². The molecule has 121 heavy (non-hydrogen) atoms. The largest absolute Gasteiger partial charge is 2.00 e. The van der Waals surface area contributed by atoms with E-state index in [1.807, 2.05) is 137 Å². The van der Waals surface area contributed by atoms with Crippen LogP contribution in [-0.4, -0.2) is 61.9 Å². The standard InChI is InChI=1S/C38H23N5.C35H20N3.C32H19N5.3Pd/c1-2-10-26(11-3-1)27-24-40-41(25-27)28-17-19-32-30-12-4-6-14-34(30)42(36(32)22-28)29-18-20-33-31-13-5-7-15-35(31)43(37(33)23-29)38-16-8-9-21-39-38;1-2-10-24(11-3-1)25-17-19-29-27-12-4-6-14-31(27)37(33(29)22-25)26-18-20-30-28-13-5-7-15-32(28)38(34(30)23-26)35-16-8-9-21-36-35;1-3-10-28-24(8-1)26-15-13-22(35-19-7-18-34-35)20-30(26)36(28)23-14-16-27-25-9-2-4-11-29(25)37(31(27)21-23)32-12-5-6-17-33-32;;;/h1-21,24-25H;1-10,12-21H;1-19H;;;/q-2;-3;-2;;2*+2. The van der Waals surface area contributed by atoms with E-state index in [9.17, 15) is 0 Å². The van der Waals surface area contributed by atoms with Crippen LogP contribution in [0.3, 0.4) is 0 Å². The van der Waals surface area contributed by atoms with Crippen LogP contribution in [0.4, 0.5) is 0 Å². The van der Waals surface area contributed by atoms with E-state index in [-0.39, 0.29) is 61.3 Å². The third-order valence-corrected chi connectivity index (χ3v) is 22.5.